The highest BCUT2D eigenvalue weighted by atomic mass is 16.1. The fourth-order valence-electron chi connectivity index (χ4n) is 1.02. The number of aliphatic imine (C=N–C) groups is 1. The van der Waals surface area contributed by atoms with E-state index < -0.39 is 0 Å². The quantitative estimate of drug-likeness (QED) is 0.631. The second kappa shape index (κ2) is 2.20. The number of H-pyrrole nitrogens is 1. The number of allylic oxidation sites excluding steroid dienone is 1. The lowest BCUT2D eigenvalue weighted by atomic mass is 10.2. The van der Waals surface area contributed by atoms with Crippen LogP contribution >= 0.6 is 0 Å². The van der Waals surface area contributed by atoms with Crippen molar-refractivity contribution >= 4 is 17.7 Å². The first kappa shape index (κ1) is 6.09. The minimum Gasteiger partial charge on any atom is -0.361 e. The zero-order valence-corrected chi connectivity index (χ0v) is 5.74. The van der Waals surface area contributed by atoms with Gasteiger partial charge in [-0.3, -0.25) is 4.79 Å². The molecule has 1 aromatic heterocycles. The van der Waals surface area contributed by atoms with E-state index in [0.717, 1.165) is 5.69 Å². The molecule has 0 atom stereocenters. The summed E-state index contributed by atoms with van der Waals surface area (Å²) in [6.45, 7) is 0. The van der Waals surface area contributed by atoms with Crippen molar-refractivity contribution in [1.82, 2.24) is 4.98 Å². The summed E-state index contributed by atoms with van der Waals surface area (Å²) in [5.41, 5.74) is 1.46. The third-order valence-electron chi connectivity index (χ3n) is 1.55. The van der Waals surface area contributed by atoms with Gasteiger partial charge in [0, 0.05) is 12.4 Å². The van der Waals surface area contributed by atoms with Crippen molar-refractivity contribution in [3.8, 4) is 0 Å². The maximum atomic E-state index is 11.0. The molecular weight excluding hydrogens is 140 g/mol. The Hall–Kier alpha value is -1.64. The second-order valence-electron chi connectivity index (χ2n) is 2.25. The predicted octanol–water partition coefficient (Wildman–Crippen LogP) is 1.01. The van der Waals surface area contributed by atoms with E-state index in [1.165, 1.54) is 6.21 Å². The van der Waals surface area contributed by atoms with E-state index in [1.54, 1.807) is 12.3 Å². The number of nitrogens with zero attached hydrogens (tertiary/aromatic N) is 1. The molecule has 0 bridgehead atoms. The minimum absolute atomic E-state index is 0.174. The van der Waals surface area contributed by atoms with Gasteiger partial charge < -0.3 is 4.98 Å². The number of carbonyl (C=O) groups is 1. The van der Waals surface area contributed by atoms with Crippen molar-refractivity contribution in [3.63, 3.8) is 0 Å². The first-order valence-electron chi connectivity index (χ1n) is 3.30. The van der Waals surface area contributed by atoms with Gasteiger partial charge in [-0.1, -0.05) is 0 Å². The highest BCUT2D eigenvalue weighted by Gasteiger charge is 2.13. The topological polar surface area (TPSA) is 45.2 Å². The molecule has 2 heterocycles. The maximum Gasteiger partial charge on any atom is 0.279 e. The lowest BCUT2D eigenvalue weighted by Crippen LogP contribution is -1.92. The Bertz CT molecular complexity index is 333. The van der Waals surface area contributed by atoms with Crippen LogP contribution in [0.4, 0.5) is 0 Å². The van der Waals surface area contributed by atoms with Crippen molar-refractivity contribution < 1.29 is 4.79 Å². The van der Waals surface area contributed by atoms with Gasteiger partial charge in [-0.05, 0) is 18.2 Å². The molecule has 1 N–H and O–H groups in total. The first-order chi connectivity index (χ1) is 5.38. The molecule has 1 aliphatic rings. The van der Waals surface area contributed by atoms with Gasteiger partial charge in [0.1, 0.15) is 0 Å². The van der Waals surface area contributed by atoms with Crippen LogP contribution in [0, 0.1) is 0 Å². The van der Waals surface area contributed by atoms with Gasteiger partial charge in [0.2, 0.25) is 0 Å². The Morgan fingerprint density at radius 1 is 1.45 bits per heavy atom. The summed E-state index contributed by atoms with van der Waals surface area (Å²) in [6, 6.07) is 3.69. The molecule has 1 aliphatic heterocycles. The summed E-state index contributed by atoms with van der Waals surface area (Å²) in [5.74, 6) is -0.174. The molecule has 0 unspecified atom stereocenters. The number of rotatable bonds is 1. The molecule has 1 amide bonds. The zero-order valence-electron chi connectivity index (χ0n) is 5.74. The Labute approximate surface area is 63.5 Å². The van der Waals surface area contributed by atoms with Crippen molar-refractivity contribution in [2.45, 2.75) is 0 Å². The maximum absolute atomic E-state index is 11.0. The van der Waals surface area contributed by atoms with Crippen LogP contribution in [-0.2, 0) is 4.79 Å². The van der Waals surface area contributed by atoms with Crippen molar-refractivity contribution in [2.75, 3.05) is 0 Å². The summed E-state index contributed by atoms with van der Waals surface area (Å²) in [4.78, 5) is 17.5. The van der Waals surface area contributed by atoms with Crippen LogP contribution in [0.5, 0.6) is 0 Å². The molecule has 0 spiro atoms. The van der Waals surface area contributed by atoms with Gasteiger partial charge in [-0.2, -0.15) is 0 Å². The van der Waals surface area contributed by atoms with Crippen LogP contribution in [0.1, 0.15) is 5.69 Å². The number of aromatic nitrogens is 1. The van der Waals surface area contributed by atoms with Crippen molar-refractivity contribution in [1.29, 1.82) is 0 Å². The molecule has 0 saturated heterocycles. The van der Waals surface area contributed by atoms with Gasteiger partial charge in [0.25, 0.3) is 5.91 Å². The Kier molecular flexibility index (Phi) is 1.22. The zero-order chi connectivity index (χ0) is 7.68. The lowest BCUT2D eigenvalue weighted by molar-refractivity contribution is -0.112. The number of aromatic amines is 1. The number of amides is 1. The predicted molar refractivity (Wildman–Crippen MR) is 42.3 cm³/mol. The van der Waals surface area contributed by atoms with E-state index in [0.29, 0.717) is 5.57 Å². The minimum atomic E-state index is -0.174. The normalized spacial score (nSPS) is 15.6. The van der Waals surface area contributed by atoms with E-state index in [2.05, 4.69) is 9.98 Å². The first-order valence-corrected chi connectivity index (χ1v) is 3.30. The summed E-state index contributed by atoms with van der Waals surface area (Å²) in [7, 11) is 0. The fourth-order valence-corrected chi connectivity index (χ4v) is 1.02. The fraction of sp³-hybridized carbons (Fsp3) is 0. The van der Waals surface area contributed by atoms with Crippen LogP contribution in [0.15, 0.2) is 29.4 Å². The number of hydrogen-bond donors (Lipinski definition) is 1. The third kappa shape index (κ3) is 0.902. The van der Waals surface area contributed by atoms with Crippen LogP contribution in [0.3, 0.4) is 0 Å². The van der Waals surface area contributed by atoms with Gasteiger partial charge in [-0.15, -0.1) is 0 Å². The van der Waals surface area contributed by atoms with E-state index in [4.69, 9.17) is 0 Å². The van der Waals surface area contributed by atoms with Crippen molar-refractivity contribution in [3.05, 3.63) is 30.1 Å². The molecule has 0 aromatic carbocycles. The average Bonchev–Trinajstić information content (AvgIpc) is 2.55. The van der Waals surface area contributed by atoms with Crippen LogP contribution in [-0.4, -0.2) is 17.1 Å². The largest absolute Gasteiger partial charge is 0.361 e. The van der Waals surface area contributed by atoms with Crippen LogP contribution in [0.2, 0.25) is 0 Å². The monoisotopic (exact) mass is 146 g/mol. The van der Waals surface area contributed by atoms with E-state index >= 15 is 0 Å². The van der Waals surface area contributed by atoms with Crippen LogP contribution in [0.25, 0.3) is 5.57 Å². The Balaban J connectivity index is 2.40. The van der Waals surface area contributed by atoms with Crippen molar-refractivity contribution in [2.24, 2.45) is 4.99 Å². The molecule has 3 heteroatoms. The second-order valence-corrected chi connectivity index (χ2v) is 2.25. The molecule has 0 radical (unpaired) electrons. The van der Waals surface area contributed by atoms with Gasteiger partial charge >= 0.3 is 0 Å². The summed E-state index contributed by atoms with van der Waals surface area (Å²) >= 11 is 0. The highest BCUT2D eigenvalue weighted by Crippen LogP contribution is 2.15. The third-order valence-corrected chi connectivity index (χ3v) is 1.55. The van der Waals surface area contributed by atoms with Gasteiger partial charge in [0.15, 0.2) is 0 Å². The summed E-state index contributed by atoms with van der Waals surface area (Å²) in [5, 5.41) is 0. The lowest BCUT2D eigenvalue weighted by Gasteiger charge is -1.92. The standard InChI is InChI=1S/C8H6N2O/c11-8-6(3-5-10-8)7-2-1-4-9-7/h1-5,9H. The molecule has 11 heavy (non-hydrogen) atoms. The molecule has 0 saturated carbocycles. The number of nitrogens with one attached hydrogen (secondary N) is 1. The van der Waals surface area contributed by atoms with E-state index in [9.17, 15) is 4.79 Å². The van der Waals surface area contributed by atoms with Gasteiger partial charge in [-0.25, -0.2) is 4.99 Å². The highest BCUT2D eigenvalue weighted by molar-refractivity contribution is 6.28. The number of hydrogen-bond acceptors (Lipinski definition) is 1. The molecule has 54 valence electrons. The van der Waals surface area contributed by atoms with Crippen LogP contribution < -0.4 is 0 Å². The van der Waals surface area contributed by atoms with E-state index in [1.807, 2.05) is 12.1 Å². The molecule has 2 rings (SSSR count). The smallest absolute Gasteiger partial charge is 0.279 e. The Morgan fingerprint density at radius 2 is 2.36 bits per heavy atom. The molecular formula is C8H6N2O. The average molecular weight is 146 g/mol. The molecule has 0 aliphatic carbocycles. The number of carbonyl (C=O) groups excluding carboxylic acids is 1. The molecule has 3 nitrogen and oxygen atoms in total. The summed E-state index contributed by atoms with van der Waals surface area (Å²) < 4.78 is 0. The van der Waals surface area contributed by atoms with E-state index in [-0.39, 0.29) is 5.91 Å². The summed E-state index contributed by atoms with van der Waals surface area (Å²) in [6.07, 6.45) is 4.99. The SMILES string of the molecule is O=C1N=CC=C1c1ccc[nH]1. The van der Waals surface area contributed by atoms with Gasteiger partial charge in [0.05, 0.1) is 11.3 Å². The molecule has 0 fully saturated rings. The molecule has 1 aromatic rings. The Morgan fingerprint density at radius 3 is 2.91 bits per heavy atom.